The van der Waals surface area contributed by atoms with Crippen LogP contribution in [0.15, 0.2) is 60.7 Å². The maximum Gasteiger partial charge on any atom is 0.331 e. The Labute approximate surface area is 114 Å². The lowest BCUT2D eigenvalue weighted by atomic mass is 9.90. The molecule has 0 saturated carbocycles. The summed E-state index contributed by atoms with van der Waals surface area (Å²) in [6.07, 6.45) is 1.42. The number of carboxylic acid groups (broad SMARTS) is 1. The minimum atomic E-state index is -1.59. The number of hydrogen-bond donors (Lipinski definition) is 1. The lowest BCUT2D eigenvalue weighted by Crippen LogP contribution is -2.41. The van der Waals surface area contributed by atoms with E-state index in [9.17, 15) is 14.1 Å². The molecule has 19 heavy (non-hydrogen) atoms. The maximum atomic E-state index is 12.2. The third-order valence-corrected chi connectivity index (χ3v) is 4.60. The molecule has 98 valence electrons. The summed E-state index contributed by atoms with van der Waals surface area (Å²) in [4.78, 5) is 11.9. The molecular weight excluding hydrogens is 260 g/mol. The van der Waals surface area contributed by atoms with Crippen molar-refractivity contribution in [3.8, 4) is 0 Å². The molecule has 0 bridgehead atoms. The minimum absolute atomic E-state index is 0.523. The van der Waals surface area contributed by atoms with Crippen molar-refractivity contribution in [2.24, 2.45) is 0 Å². The maximum absolute atomic E-state index is 12.2. The summed E-state index contributed by atoms with van der Waals surface area (Å²) in [5.74, 6) is -1.11. The summed E-state index contributed by atoms with van der Waals surface area (Å²) < 4.78 is 10.7. The van der Waals surface area contributed by atoms with Crippen LogP contribution in [-0.4, -0.2) is 21.5 Å². The molecule has 0 fully saturated rings. The molecule has 0 heterocycles. The van der Waals surface area contributed by atoms with Gasteiger partial charge in [0.1, 0.15) is 0 Å². The summed E-state index contributed by atoms with van der Waals surface area (Å²) in [6.45, 7) is 0. The number of carbonyl (C=O) groups is 1. The van der Waals surface area contributed by atoms with E-state index in [0.717, 1.165) is 0 Å². The molecule has 0 radical (unpaired) electrons. The van der Waals surface area contributed by atoms with Gasteiger partial charge in [0, 0.05) is 17.1 Å². The highest BCUT2D eigenvalue weighted by atomic mass is 32.2. The van der Waals surface area contributed by atoms with E-state index in [4.69, 9.17) is 0 Å². The van der Waals surface area contributed by atoms with Crippen LogP contribution in [-0.2, 0) is 20.3 Å². The van der Waals surface area contributed by atoms with Crippen molar-refractivity contribution in [2.45, 2.75) is 4.75 Å². The fraction of sp³-hybridized carbons (Fsp3) is 0.133. The van der Waals surface area contributed by atoms with Gasteiger partial charge in [-0.15, -0.1) is 0 Å². The molecule has 2 aromatic carbocycles. The molecule has 2 aromatic rings. The van der Waals surface area contributed by atoms with E-state index in [2.05, 4.69) is 0 Å². The molecule has 0 spiro atoms. The Hall–Kier alpha value is -1.94. The van der Waals surface area contributed by atoms with Crippen LogP contribution in [0.5, 0.6) is 0 Å². The molecule has 0 saturated heterocycles. The monoisotopic (exact) mass is 274 g/mol. The summed E-state index contributed by atoms with van der Waals surface area (Å²) in [5.41, 5.74) is 1.05. The molecule has 0 aliphatic carbocycles. The fourth-order valence-corrected chi connectivity index (χ4v) is 3.40. The Bertz CT molecular complexity index is 538. The van der Waals surface area contributed by atoms with Crippen molar-refractivity contribution in [3.05, 3.63) is 71.8 Å². The summed E-state index contributed by atoms with van der Waals surface area (Å²) in [7, 11) is -1.59. The molecule has 0 amide bonds. The van der Waals surface area contributed by atoms with Gasteiger partial charge in [-0.2, -0.15) is 0 Å². The zero-order valence-corrected chi connectivity index (χ0v) is 11.3. The lowest BCUT2D eigenvalue weighted by molar-refractivity contribution is -0.139. The highest BCUT2D eigenvalue weighted by Gasteiger charge is 2.46. The smallest absolute Gasteiger partial charge is 0.331 e. The first-order chi connectivity index (χ1) is 9.10. The van der Waals surface area contributed by atoms with Gasteiger partial charge >= 0.3 is 5.97 Å². The van der Waals surface area contributed by atoms with E-state index in [0.29, 0.717) is 11.1 Å². The second kappa shape index (κ2) is 5.36. The van der Waals surface area contributed by atoms with E-state index in [1.54, 1.807) is 60.7 Å². The minimum Gasteiger partial charge on any atom is -0.480 e. The Kier molecular flexibility index (Phi) is 3.81. The van der Waals surface area contributed by atoms with Crippen molar-refractivity contribution in [1.29, 1.82) is 0 Å². The van der Waals surface area contributed by atoms with Gasteiger partial charge in [0.15, 0.2) is 4.75 Å². The van der Waals surface area contributed by atoms with Crippen molar-refractivity contribution >= 4 is 16.8 Å². The van der Waals surface area contributed by atoms with Gasteiger partial charge in [-0.1, -0.05) is 60.7 Å². The predicted octanol–water partition coefficient (Wildman–Crippen LogP) is 2.39. The van der Waals surface area contributed by atoms with E-state index in [1.807, 2.05) is 0 Å². The van der Waals surface area contributed by atoms with Crippen LogP contribution in [0.1, 0.15) is 11.1 Å². The Morgan fingerprint density at radius 1 is 0.947 bits per heavy atom. The average molecular weight is 274 g/mol. The van der Waals surface area contributed by atoms with Crippen LogP contribution in [0.4, 0.5) is 0 Å². The molecule has 0 unspecified atom stereocenters. The second-order valence-corrected chi connectivity index (χ2v) is 5.69. The zero-order chi connectivity index (χ0) is 13.9. The quantitative estimate of drug-likeness (QED) is 0.931. The first-order valence-electron chi connectivity index (χ1n) is 5.78. The zero-order valence-electron chi connectivity index (χ0n) is 10.4. The molecule has 0 aromatic heterocycles. The standard InChI is InChI=1S/C15H14O3S/c1-19(18)15(14(16)17,12-8-4-2-5-9-12)13-10-6-3-7-11-13/h2-11H,1H3,(H,16,17)/t19-/m1/s1. The third-order valence-electron chi connectivity index (χ3n) is 3.09. The third kappa shape index (κ3) is 2.19. The average Bonchev–Trinajstić information content (AvgIpc) is 2.41. The van der Waals surface area contributed by atoms with Crippen LogP contribution in [0, 0.1) is 0 Å². The number of rotatable bonds is 4. The van der Waals surface area contributed by atoms with Crippen LogP contribution in [0.3, 0.4) is 0 Å². The van der Waals surface area contributed by atoms with Crippen LogP contribution < -0.4 is 0 Å². The molecule has 0 aliphatic heterocycles. The first kappa shape index (κ1) is 13.5. The normalized spacial score (nSPS) is 12.9. The van der Waals surface area contributed by atoms with Crippen molar-refractivity contribution in [1.82, 2.24) is 0 Å². The van der Waals surface area contributed by atoms with Crippen molar-refractivity contribution in [2.75, 3.05) is 6.26 Å². The number of benzene rings is 2. The van der Waals surface area contributed by atoms with Gasteiger partial charge in [0.25, 0.3) is 0 Å². The van der Waals surface area contributed by atoms with E-state index >= 15 is 0 Å². The van der Waals surface area contributed by atoms with Gasteiger partial charge in [0.05, 0.1) is 0 Å². The molecule has 2 rings (SSSR count). The lowest BCUT2D eigenvalue weighted by Gasteiger charge is -2.28. The Balaban J connectivity index is 2.77. The van der Waals surface area contributed by atoms with Crippen molar-refractivity contribution in [3.63, 3.8) is 0 Å². The predicted molar refractivity (Wildman–Crippen MR) is 75.4 cm³/mol. The highest BCUT2D eigenvalue weighted by Crippen LogP contribution is 2.35. The summed E-state index contributed by atoms with van der Waals surface area (Å²) >= 11 is 0. The SMILES string of the molecule is C[S@@](=O)C(C(=O)O)(c1ccccc1)c1ccccc1. The topological polar surface area (TPSA) is 54.4 Å². The van der Waals surface area contributed by atoms with Gasteiger partial charge < -0.3 is 5.11 Å². The fourth-order valence-electron chi connectivity index (χ4n) is 2.21. The van der Waals surface area contributed by atoms with Crippen LogP contribution >= 0.6 is 0 Å². The largest absolute Gasteiger partial charge is 0.480 e. The number of carboxylic acids is 1. The second-order valence-electron chi connectivity index (χ2n) is 4.17. The molecule has 4 heteroatoms. The van der Waals surface area contributed by atoms with Crippen LogP contribution in [0.2, 0.25) is 0 Å². The Morgan fingerprint density at radius 3 is 1.58 bits per heavy atom. The van der Waals surface area contributed by atoms with E-state index < -0.39 is 21.5 Å². The molecule has 3 nitrogen and oxygen atoms in total. The molecular formula is C15H14O3S. The number of aliphatic carboxylic acids is 1. The molecule has 1 atom stereocenters. The molecule has 1 N–H and O–H groups in total. The van der Waals surface area contributed by atoms with E-state index in [1.165, 1.54) is 6.26 Å². The summed E-state index contributed by atoms with van der Waals surface area (Å²) in [6, 6.07) is 17.4. The Morgan fingerprint density at radius 2 is 1.32 bits per heavy atom. The van der Waals surface area contributed by atoms with Crippen LogP contribution in [0.25, 0.3) is 0 Å². The first-order valence-corrected chi connectivity index (χ1v) is 7.34. The highest BCUT2D eigenvalue weighted by molar-refractivity contribution is 7.86. The van der Waals surface area contributed by atoms with Gasteiger partial charge in [-0.3, -0.25) is 4.21 Å². The number of hydrogen-bond acceptors (Lipinski definition) is 2. The summed E-state index contributed by atoms with van der Waals surface area (Å²) in [5, 5.41) is 9.71. The molecule has 0 aliphatic rings. The van der Waals surface area contributed by atoms with Gasteiger partial charge in [-0.25, -0.2) is 4.79 Å². The van der Waals surface area contributed by atoms with Crippen molar-refractivity contribution < 1.29 is 14.1 Å². The van der Waals surface area contributed by atoms with Gasteiger partial charge in [0.2, 0.25) is 0 Å². The van der Waals surface area contributed by atoms with Gasteiger partial charge in [-0.05, 0) is 11.1 Å². The van der Waals surface area contributed by atoms with E-state index in [-0.39, 0.29) is 0 Å².